The Morgan fingerprint density at radius 3 is 1.85 bits per heavy atom. The molecule has 0 heterocycles. The number of carbonyl (C=O) groups excluding carboxylic acids is 2. The molecule has 0 aliphatic heterocycles. The van der Waals surface area contributed by atoms with Gasteiger partial charge in [0.05, 0.1) is 0 Å². The van der Waals surface area contributed by atoms with Crippen molar-refractivity contribution in [3.05, 3.63) is 0 Å². The van der Waals surface area contributed by atoms with Crippen LogP contribution in [0.1, 0.15) is 58.3 Å². The highest BCUT2D eigenvalue weighted by molar-refractivity contribution is 6.35. The minimum absolute atomic E-state index is 0.470. The molecule has 0 rings (SSSR count). The lowest BCUT2D eigenvalue weighted by Crippen LogP contribution is -2.40. The summed E-state index contributed by atoms with van der Waals surface area (Å²) in [6, 6.07) is 0. The first-order valence-corrected chi connectivity index (χ1v) is 7.77. The lowest BCUT2D eigenvalue weighted by molar-refractivity contribution is -0.139. The molecule has 0 aromatic heterocycles. The number of carbonyl (C=O) groups is 2. The van der Waals surface area contributed by atoms with Gasteiger partial charge in [-0.1, -0.05) is 45.4 Å². The molecule has 20 heavy (non-hydrogen) atoms. The zero-order valence-electron chi connectivity index (χ0n) is 13.0. The second kappa shape index (κ2) is 14.3. The fourth-order valence-corrected chi connectivity index (χ4v) is 1.86. The largest absolute Gasteiger partial charge is 0.385 e. The normalized spacial score (nSPS) is 10.3. The van der Waals surface area contributed by atoms with Crippen molar-refractivity contribution in [2.24, 2.45) is 0 Å². The Morgan fingerprint density at radius 2 is 1.30 bits per heavy atom. The first kappa shape index (κ1) is 18.9. The van der Waals surface area contributed by atoms with E-state index in [4.69, 9.17) is 4.74 Å². The molecule has 0 fully saturated rings. The summed E-state index contributed by atoms with van der Waals surface area (Å²) in [6.45, 7) is 3.84. The van der Waals surface area contributed by atoms with E-state index in [1.165, 1.54) is 32.1 Å². The Kier molecular flexibility index (Phi) is 13.5. The third-order valence-electron chi connectivity index (χ3n) is 3.08. The smallest absolute Gasteiger partial charge is 0.309 e. The molecule has 5 nitrogen and oxygen atoms in total. The molecule has 0 radical (unpaired) electrons. The first-order chi connectivity index (χ1) is 9.72. The van der Waals surface area contributed by atoms with Crippen molar-refractivity contribution in [3.63, 3.8) is 0 Å². The Balaban J connectivity index is 3.36. The van der Waals surface area contributed by atoms with Crippen LogP contribution in [-0.2, 0) is 14.3 Å². The highest BCUT2D eigenvalue weighted by atomic mass is 16.5. The lowest BCUT2D eigenvalue weighted by Gasteiger charge is -2.06. The first-order valence-electron chi connectivity index (χ1n) is 7.77. The van der Waals surface area contributed by atoms with Crippen LogP contribution in [0.3, 0.4) is 0 Å². The summed E-state index contributed by atoms with van der Waals surface area (Å²) in [5.74, 6) is -1.09. The molecule has 118 valence electrons. The highest BCUT2D eigenvalue weighted by Crippen LogP contribution is 2.06. The van der Waals surface area contributed by atoms with Gasteiger partial charge in [0.15, 0.2) is 0 Å². The van der Waals surface area contributed by atoms with E-state index in [1.807, 2.05) is 0 Å². The van der Waals surface area contributed by atoms with Crippen molar-refractivity contribution < 1.29 is 14.3 Å². The summed E-state index contributed by atoms with van der Waals surface area (Å²) in [5, 5.41) is 5.20. The van der Waals surface area contributed by atoms with Crippen LogP contribution in [0.2, 0.25) is 0 Å². The van der Waals surface area contributed by atoms with E-state index in [0.717, 1.165) is 12.8 Å². The number of hydrogen-bond acceptors (Lipinski definition) is 3. The third-order valence-corrected chi connectivity index (χ3v) is 3.08. The van der Waals surface area contributed by atoms with Crippen LogP contribution < -0.4 is 10.6 Å². The summed E-state index contributed by atoms with van der Waals surface area (Å²) in [6.07, 6.45) is 9.10. The van der Waals surface area contributed by atoms with Gasteiger partial charge in [0, 0.05) is 26.8 Å². The number of unbranched alkanes of at least 4 members (excludes halogenated alkanes) is 6. The van der Waals surface area contributed by atoms with E-state index in [0.29, 0.717) is 26.1 Å². The molecule has 0 bridgehead atoms. The van der Waals surface area contributed by atoms with E-state index >= 15 is 0 Å². The number of amides is 2. The fourth-order valence-electron chi connectivity index (χ4n) is 1.86. The topological polar surface area (TPSA) is 67.4 Å². The minimum Gasteiger partial charge on any atom is -0.385 e. The second-order valence-electron chi connectivity index (χ2n) is 4.98. The molecule has 0 aliphatic carbocycles. The zero-order valence-corrected chi connectivity index (χ0v) is 13.0. The molecule has 0 unspecified atom stereocenters. The number of hydrogen-bond donors (Lipinski definition) is 2. The van der Waals surface area contributed by atoms with Crippen LogP contribution in [0, 0.1) is 0 Å². The van der Waals surface area contributed by atoms with Crippen molar-refractivity contribution >= 4 is 11.8 Å². The van der Waals surface area contributed by atoms with Crippen molar-refractivity contribution in [1.82, 2.24) is 10.6 Å². The van der Waals surface area contributed by atoms with Gasteiger partial charge < -0.3 is 15.4 Å². The molecular formula is C15H30N2O3. The van der Waals surface area contributed by atoms with Gasteiger partial charge in [0.1, 0.15) is 0 Å². The number of ether oxygens (including phenoxy) is 1. The van der Waals surface area contributed by atoms with Crippen LogP contribution >= 0.6 is 0 Å². The monoisotopic (exact) mass is 286 g/mol. The van der Waals surface area contributed by atoms with Crippen LogP contribution in [0.5, 0.6) is 0 Å². The molecule has 5 heteroatoms. The SMILES string of the molecule is CCCCCCCCCNC(=O)C(=O)NCCCOC. The van der Waals surface area contributed by atoms with Crippen LogP contribution in [0.15, 0.2) is 0 Å². The third kappa shape index (κ3) is 12.0. The quantitative estimate of drug-likeness (QED) is 0.426. The Morgan fingerprint density at radius 1 is 0.800 bits per heavy atom. The molecule has 2 N–H and O–H groups in total. The summed E-state index contributed by atoms with van der Waals surface area (Å²) in [7, 11) is 1.61. The summed E-state index contributed by atoms with van der Waals surface area (Å²) in [4.78, 5) is 22.8. The lowest BCUT2D eigenvalue weighted by atomic mass is 10.1. The summed E-state index contributed by atoms with van der Waals surface area (Å²) in [5.41, 5.74) is 0. The summed E-state index contributed by atoms with van der Waals surface area (Å²) >= 11 is 0. The Bertz CT molecular complexity index is 258. The average molecular weight is 286 g/mol. The number of nitrogens with one attached hydrogen (secondary N) is 2. The van der Waals surface area contributed by atoms with Gasteiger partial charge in [0.2, 0.25) is 0 Å². The molecule has 2 amide bonds. The molecule has 0 atom stereocenters. The van der Waals surface area contributed by atoms with Crippen LogP contribution in [0.4, 0.5) is 0 Å². The van der Waals surface area contributed by atoms with Crippen molar-refractivity contribution in [3.8, 4) is 0 Å². The van der Waals surface area contributed by atoms with E-state index in [1.54, 1.807) is 7.11 Å². The maximum absolute atomic E-state index is 11.4. The molecule has 0 spiro atoms. The van der Waals surface area contributed by atoms with Crippen molar-refractivity contribution in [2.45, 2.75) is 58.3 Å². The molecule has 0 saturated carbocycles. The van der Waals surface area contributed by atoms with Crippen LogP contribution in [-0.4, -0.2) is 38.6 Å². The number of rotatable bonds is 12. The van der Waals surface area contributed by atoms with E-state index in [-0.39, 0.29) is 0 Å². The van der Waals surface area contributed by atoms with Gasteiger partial charge in [0.25, 0.3) is 0 Å². The average Bonchev–Trinajstić information content (AvgIpc) is 2.46. The predicted octanol–water partition coefficient (Wildman–Crippen LogP) is 2.01. The number of methoxy groups -OCH3 is 1. The second-order valence-corrected chi connectivity index (χ2v) is 4.98. The van der Waals surface area contributed by atoms with E-state index in [2.05, 4.69) is 17.6 Å². The maximum Gasteiger partial charge on any atom is 0.309 e. The molecule has 0 saturated heterocycles. The van der Waals surface area contributed by atoms with Crippen molar-refractivity contribution in [1.29, 1.82) is 0 Å². The Labute approximate surface area is 122 Å². The predicted molar refractivity (Wildman–Crippen MR) is 80.5 cm³/mol. The van der Waals surface area contributed by atoms with Crippen LogP contribution in [0.25, 0.3) is 0 Å². The van der Waals surface area contributed by atoms with Gasteiger partial charge in [-0.25, -0.2) is 0 Å². The molecular weight excluding hydrogens is 256 g/mol. The van der Waals surface area contributed by atoms with Gasteiger partial charge in [-0.3, -0.25) is 9.59 Å². The van der Waals surface area contributed by atoms with Gasteiger partial charge >= 0.3 is 11.8 Å². The summed E-state index contributed by atoms with van der Waals surface area (Å²) < 4.78 is 4.86. The zero-order chi connectivity index (χ0) is 15.1. The Hall–Kier alpha value is -1.10. The van der Waals surface area contributed by atoms with Crippen molar-refractivity contribution in [2.75, 3.05) is 26.8 Å². The maximum atomic E-state index is 11.4. The minimum atomic E-state index is -0.552. The highest BCUT2D eigenvalue weighted by Gasteiger charge is 2.11. The molecule has 0 aliphatic rings. The van der Waals surface area contributed by atoms with Gasteiger partial charge in [-0.05, 0) is 12.8 Å². The van der Waals surface area contributed by atoms with Gasteiger partial charge in [-0.15, -0.1) is 0 Å². The van der Waals surface area contributed by atoms with E-state index in [9.17, 15) is 9.59 Å². The van der Waals surface area contributed by atoms with E-state index < -0.39 is 11.8 Å². The standard InChI is InChI=1S/C15H30N2O3/c1-3-4-5-6-7-8-9-11-16-14(18)15(19)17-12-10-13-20-2/h3-13H2,1-2H3,(H,16,18)(H,17,19). The fraction of sp³-hybridized carbons (Fsp3) is 0.867. The molecule has 0 aromatic carbocycles. The molecule has 0 aromatic rings. The van der Waals surface area contributed by atoms with Gasteiger partial charge in [-0.2, -0.15) is 0 Å².